The zero-order valence-electron chi connectivity index (χ0n) is 15.9. The number of aromatic nitrogens is 2. The Labute approximate surface area is 150 Å². The molecule has 0 fully saturated rings. The van der Waals surface area contributed by atoms with Gasteiger partial charge >= 0.3 is 0 Å². The number of aliphatic imine (C=N–C) groups is 1. The highest BCUT2D eigenvalue weighted by Crippen LogP contribution is 2.17. The van der Waals surface area contributed by atoms with Gasteiger partial charge < -0.3 is 15.4 Å². The highest BCUT2D eigenvalue weighted by molar-refractivity contribution is 5.79. The summed E-state index contributed by atoms with van der Waals surface area (Å²) in [6.07, 6.45) is 0.921. The van der Waals surface area contributed by atoms with Crippen LogP contribution in [-0.2, 0) is 20.0 Å². The highest BCUT2D eigenvalue weighted by Gasteiger charge is 2.09. The molecule has 6 nitrogen and oxygen atoms in total. The second-order valence-electron chi connectivity index (χ2n) is 5.96. The molecule has 0 aliphatic rings. The molecular weight excluding hydrogens is 314 g/mol. The lowest BCUT2D eigenvalue weighted by Gasteiger charge is -2.12. The molecule has 0 aliphatic carbocycles. The first kappa shape index (κ1) is 18.8. The Morgan fingerprint density at radius 1 is 1.24 bits per heavy atom. The predicted octanol–water partition coefficient (Wildman–Crippen LogP) is 2.34. The first-order valence-corrected chi connectivity index (χ1v) is 8.70. The van der Waals surface area contributed by atoms with E-state index < -0.39 is 0 Å². The molecule has 0 unspecified atom stereocenters. The molecular formula is C19H29N5O. The van der Waals surface area contributed by atoms with Crippen molar-refractivity contribution in [3.8, 4) is 5.75 Å². The third-order valence-electron chi connectivity index (χ3n) is 4.27. The van der Waals surface area contributed by atoms with Crippen molar-refractivity contribution in [3.05, 3.63) is 46.8 Å². The Balaban J connectivity index is 1.98. The van der Waals surface area contributed by atoms with Gasteiger partial charge in [-0.1, -0.05) is 18.2 Å². The maximum Gasteiger partial charge on any atom is 0.191 e. The fourth-order valence-electron chi connectivity index (χ4n) is 2.82. The summed E-state index contributed by atoms with van der Waals surface area (Å²) in [5.41, 5.74) is 4.68. The molecule has 2 N–H and O–H groups in total. The smallest absolute Gasteiger partial charge is 0.191 e. The lowest BCUT2D eigenvalue weighted by molar-refractivity contribution is 0.410. The molecule has 0 amide bonds. The Bertz CT molecular complexity index is 721. The molecule has 0 aliphatic heterocycles. The van der Waals surface area contributed by atoms with Crippen molar-refractivity contribution in [1.29, 1.82) is 0 Å². The quantitative estimate of drug-likeness (QED) is 0.598. The fourth-order valence-corrected chi connectivity index (χ4v) is 2.82. The van der Waals surface area contributed by atoms with Gasteiger partial charge in [0, 0.05) is 31.4 Å². The van der Waals surface area contributed by atoms with Gasteiger partial charge in [0.05, 0.1) is 19.3 Å². The van der Waals surface area contributed by atoms with E-state index in [4.69, 9.17) is 4.74 Å². The van der Waals surface area contributed by atoms with E-state index in [-0.39, 0.29) is 0 Å². The van der Waals surface area contributed by atoms with E-state index in [2.05, 4.69) is 41.5 Å². The molecule has 25 heavy (non-hydrogen) atoms. The Hall–Kier alpha value is -2.50. The number of ether oxygens (including phenoxy) is 1. The predicted molar refractivity (Wildman–Crippen MR) is 102 cm³/mol. The standard InChI is InChI=1S/C19H29N5O/c1-6-20-19(22-13-16-9-7-8-10-18(16)25-5)21-12-11-17-14(2)23-24(4)15(17)3/h7-10H,6,11-13H2,1-5H3,(H2,20,21,22). The van der Waals surface area contributed by atoms with Crippen molar-refractivity contribution in [2.24, 2.45) is 12.0 Å². The van der Waals surface area contributed by atoms with Gasteiger partial charge in [0.25, 0.3) is 0 Å². The van der Waals surface area contributed by atoms with Gasteiger partial charge in [-0.3, -0.25) is 4.68 Å². The van der Waals surface area contributed by atoms with Gasteiger partial charge in [0.1, 0.15) is 5.75 Å². The average molecular weight is 343 g/mol. The topological polar surface area (TPSA) is 63.5 Å². The number of rotatable bonds is 7. The Morgan fingerprint density at radius 2 is 2.00 bits per heavy atom. The van der Waals surface area contributed by atoms with Crippen LogP contribution in [0.15, 0.2) is 29.3 Å². The first-order chi connectivity index (χ1) is 12.1. The zero-order valence-corrected chi connectivity index (χ0v) is 15.9. The minimum absolute atomic E-state index is 0.574. The maximum atomic E-state index is 5.39. The normalized spacial score (nSPS) is 11.5. The van der Waals surface area contributed by atoms with Crippen LogP contribution in [-0.4, -0.2) is 35.9 Å². The zero-order chi connectivity index (χ0) is 18.2. The van der Waals surface area contributed by atoms with Gasteiger partial charge in [0.2, 0.25) is 0 Å². The summed E-state index contributed by atoms with van der Waals surface area (Å²) in [6.45, 7) is 8.44. The van der Waals surface area contributed by atoms with E-state index in [1.54, 1.807) is 7.11 Å². The molecule has 2 rings (SSSR count). The Kier molecular flexibility index (Phi) is 6.86. The lowest BCUT2D eigenvalue weighted by atomic mass is 10.1. The minimum atomic E-state index is 0.574. The number of benzene rings is 1. The maximum absolute atomic E-state index is 5.39. The molecule has 0 radical (unpaired) electrons. The number of guanidine groups is 1. The second kappa shape index (κ2) is 9.11. The van der Waals surface area contributed by atoms with Gasteiger partial charge in [-0.25, -0.2) is 4.99 Å². The van der Waals surface area contributed by atoms with Crippen LogP contribution >= 0.6 is 0 Å². The van der Waals surface area contributed by atoms with Gasteiger partial charge in [-0.2, -0.15) is 5.10 Å². The van der Waals surface area contributed by atoms with E-state index in [1.807, 2.05) is 36.0 Å². The van der Waals surface area contributed by atoms with Gasteiger partial charge in [-0.05, 0) is 38.8 Å². The number of aryl methyl sites for hydroxylation is 2. The number of hydrogen-bond acceptors (Lipinski definition) is 3. The van der Waals surface area contributed by atoms with Crippen molar-refractivity contribution < 1.29 is 4.74 Å². The van der Waals surface area contributed by atoms with E-state index in [1.165, 1.54) is 11.3 Å². The van der Waals surface area contributed by atoms with E-state index in [9.17, 15) is 0 Å². The summed E-state index contributed by atoms with van der Waals surface area (Å²) in [7, 11) is 3.67. The average Bonchev–Trinajstić information content (AvgIpc) is 2.85. The number of nitrogens with zero attached hydrogens (tertiary/aromatic N) is 3. The largest absolute Gasteiger partial charge is 0.496 e. The van der Waals surface area contributed by atoms with E-state index in [0.717, 1.165) is 42.5 Å². The van der Waals surface area contributed by atoms with Crippen LogP contribution < -0.4 is 15.4 Å². The Morgan fingerprint density at radius 3 is 2.64 bits per heavy atom. The number of methoxy groups -OCH3 is 1. The van der Waals surface area contributed by atoms with Crippen LogP contribution in [0.4, 0.5) is 0 Å². The summed E-state index contributed by atoms with van der Waals surface area (Å²) in [5.74, 6) is 1.68. The fraction of sp³-hybridized carbons (Fsp3) is 0.474. The number of nitrogens with one attached hydrogen (secondary N) is 2. The van der Waals surface area contributed by atoms with Crippen LogP contribution in [0.1, 0.15) is 29.4 Å². The molecule has 0 bridgehead atoms. The van der Waals surface area contributed by atoms with Gasteiger partial charge in [-0.15, -0.1) is 0 Å². The SMILES string of the molecule is CCNC(=NCc1ccccc1OC)NCCc1c(C)nn(C)c1C. The molecule has 1 heterocycles. The molecule has 6 heteroatoms. The van der Waals surface area contributed by atoms with E-state index >= 15 is 0 Å². The van der Waals surface area contributed by atoms with Crippen molar-refractivity contribution in [3.63, 3.8) is 0 Å². The second-order valence-corrected chi connectivity index (χ2v) is 5.96. The molecule has 0 spiro atoms. The summed E-state index contributed by atoms with van der Waals surface area (Å²) in [4.78, 5) is 4.67. The van der Waals surface area contributed by atoms with Crippen LogP contribution in [0.3, 0.4) is 0 Å². The lowest BCUT2D eigenvalue weighted by Crippen LogP contribution is -2.38. The third kappa shape index (κ3) is 4.98. The highest BCUT2D eigenvalue weighted by atomic mass is 16.5. The van der Waals surface area contributed by atoms with E-state index in [0.29, 0.717) is 6.54 Å². The molecule has 0 saturated heterocycles. The monoisotopic (exact) mass is 343 g/mol. The molecule has 1 aromatic carbocycles. The van der Waals surface area contributed by atoms with Crippen molar-refractivity contribution in [2.75, 3.05) is 20.2 Å². The summed E-state index contributed by atoms with van der Waals surface area (Å²) < 4.78 is 7.32. The summed E-state index contributed by atoms with van der Waals surface area (Å²) in [5, 5.41) is 11.2. The first-order valence-electron chi connectivity index (χ1n) is 8.70. The van der Waals surface area contributed by atoms with Crippen molar-refractivity contribution in [2.45, 2.75) is 33.7 Å². The van der Waals surface area contributed by atoms with Gasteiger partial charge in [0.15, 0.2) is 5.96 Å². The molecule has 0 saturated carbocycles. The van der Waals surface area contributed by atoms with Crippen molar-refractivity contribution in [1.82, 2.24) is 20.4 Å². The molecule has 2 aromatic rings. The summed E-state index contributed by atoms with van der Waals surface area (Å²) >= 11 is 0. The van der Waals surface area contributed by atoms with Crippen LogP contribution in [0, 0.1) is 13.8 Å². The number of para-hydroxylation sites is 1. The summed E-state index contributed by atoms with van der Waals surface area (Å²) in [6, 6.07) is 7.96. The van der Waals surface area contributed by atoms with Crippen molar-refractivity contribution >= 4 is 5.96 Å². The minimum Gasteiger partial charge on any atom is -0.496 e. The third-order valence-corrected chi connectivity index (χ3v) is 4.27. The number of hydrogen-bond donors (Lipinski definition) is 2. The molecule has 136 valence electrons. The van der Waals surface area contributed by atoms with Crippen LogP contribution in [0.25, 0.3) is 0 Å². The molecule has 1 aromatic heterocycles. The van der Waals surface area contributed by atoms with Crippen LogP contribution in [0.2, 0.25) is 0 Å². The molecule has 0 atom stereocenters. The van der Waals surface area contributed by atoms with Crippen LogP contribution in [0.5, 0.6) is 5.75 Å².